The lowest BCUT2D eigenvalue weighted by atomic mass is 10.2. The van der Waals surface area contributed by atoms with Gasteiger partial charge in [0, 0.05) is 20.0 Å². The summed E-state index contributed by atoms with van der Waals surface area (Å²) in [6.45, 7) is 2.93. The summed E-state index contributed by atoms with van der Waals surface area (Å²) in [6, 6.07) is 0. The highest BCUT2D eigenvalue weighted by molar-refractivity contribution is 5.77. The van der Waals surface area contributed by atoms with Crippen molar-refractivity contribution >= 4 is 5.91 Å². The van der Waals surface area contributed by atoms with Crippen LogP contribution in [0.4, 0.5) is 0 Å². The summed E-state index contributed by atoms with van der Waals surface area (Å²) in [5.41, 5.74) is 0. The standard InChI is InChI=1S/C7H14N2O/c1-6-8(2)5-4-7(10)9(6)3/h6H,4-5H2,1-3H3. The number of hydrogen-bond acceptors (Lipinski definition) is 2. The average Bonchev–Trinajstić information content (AvgIpc) is 1.93. The predicted octanol–water partition coefficient (Wildman–Crippen LogP) is 0.126. The SMILES string of the molecule is CC1N(C)CCC(=O)N1C. The molecule has 0 aromatic carbocycles. The largest absolute Gasteiger partial charge is 0.330 e. The molecule has 3 nitrogen and oxygen atoms in total. The van der Waals surface area contributed by atoms with Crippen LogP contribution < -0.4 is 0 Å². The zero-order valence-electron chi connectivity index (χ0n) is 6.79. The highest BCUT2D eigenvalue weighted by atomic mass is 16.2. The molecular weight excluding hydrogens is 128 g/mol. The van der Waals surface area contributed by atoms with Crippen LogP contribution in [0, 0.1) is 0 Å². The van der Waals surface area contributed by atoms with E-state index in [0.29, 0.717) is 6.42 Å². The Morgan fingerprint density at radius 1 is 1.50 bits per heavy atom. The van der Waals surface area contributed by atoms with Crippen LogP contribution in [0.3, 0.4) is 0 Å². The van der Waals surface area contributed by atoms with Gasteiger partial charge in [0.15, 0.2) is 0 Å². The Kier molecular flexibility index (Phi) is 1.94. The fraction of sp³-hybridized carbons (Fsp3) is 0.857. The summed E-state index contributed by atoms with van der Waals surface area (Å²) in [7, 11) is 3.89. The van der Waals surface area contributed by atoms with Crippen molar-refractivity contribution in [3.63, 3.8) is 0 Å². The van der Waals surface area contributed by atoms with E-state index in [1.54, 1.807) is 4.90 Å². The van der Waals surface area contributed by atoms with Crippen LogP contribution in [0.2, 0.25) is 0 Å². The topological polar surface area (TPSA) is 23.6 Å². The normalized spacial score (nSPS) is 29.3. The first kappa shape index (κ1) is 7.54. The van der Waals surface area contributed by atoms with Crippen LogP contribution >= 0.6 is 0 Å². The fourth-order valence-corrected chi connectivity index (χ4v) is 1.14. The third kappa shape index (κ3) is 1.14. The van der Waals surface area contributed by atoms with Crippen molar-refractivity contribution in [2.75, 3.05) is 20.6 Å². The predicted molar refractivity (Wildman–Crippen MR) is 39.5 cm³/mol. The molecule has 0 aromatic rings. The number of hydrogen-bond donors (Lipinski definition) is 0. The number of nitrogens with zero attached hydrogens (tertiary/aromatic N) is 2. The highest BCUT2D eigenvalue weighted by Crippen LogP contribution is 2.09. The van der Waals surface area contributed by atoms with E-state index < -0.39 is 0 Å². The van der Waals surface area contributed by atoms with E-state index >= 15 is 0 Å². The Morgan fingerprint density at radius 3 is 2.60 bits per heavy atom. The van der Waals surface area contributed by atoms with Crippen LogP contribution in [0.15, 0.2) is 0 Å². The Balaban J connectivity index is 2.60. The van der Waals surface area contributed by atoms with Gasteiger partial charge >= 0.3 is 0 Å². The van der Waals surface area contributed by atoms with Gasteiger partial charge in [-0.3, -0.25) is 9.69 Å². The third-order valence-corrected chi connectivity index (χ3v) is 2.27. The van der Waals surface area contributed by atoms with Gasteiger partial charge in [0.2, 0.25) is 5.91 Å². The number of carbonyl (C=O) groups excluding carboxylic acids is 1. The second kappa shape index (κ2) is 2.58. The number of rotatable bonds is 0. The molecule has 0 spiro atoms. The third-order valence-electron chi connectivity index (χ3n) is 2.27. The molecule has 0 bridgehead atoms. The van der Waals surface area contributed by atoms with Crippen LogP contribution in [0.25, 0.3) is 0 Å². The minimum Gasteiger partial charge on any atom is -0.330 e. The second-order valence-electron chi connectivity index (χ2n) is 2.87. The van der Waals surface area contributed by atoms with Crippen molar-refractivity contribution in [2.24, 2.45) is 0 Å². The quantitative estimate of drug-likeness (QED) is 0.480. The van der Waals surface area contributed by atoms with Crippen LogP contribution in [-0.2, 0) is 4.79 Å². The molecule has 3 heteroatoms. The molecular formula is C7H14N2O. The Morgan fingerprint density at radius 2 is 2.10 bits per heavy atom. The Labute approximate surface area is 61.6 Å². The molecule has 1 unspecified atom stereocenters. The molecule has 58 valence electrons. The molecule has 0 aromatic heterocycles. The summed E-state index contributed by atoms with van der Waals surface area (Å²) < 4.78 is 0. The molecule has 0 radical (unpaired) electrons. The maximum absolute atomic E-state index is 11.0. The Hall–Kier alpha value is -0.570. The molecule has 0 N–H and O–H groups in total. The average molecular weight is 142 g/mol. The van der Waals surface area contributed by atoms with Gasteiger partial charge in [0.1, 0.15) is 0 Å². The minimum atomic E-state index is 0.255. The zero-order valence-corrected chi connectivity index (χ0v) is 6.79. The lowest BCUT2D eigenvalue weighted by molar-refractivity contribution is -0.139. The summed E-state index contributed by atoms with van der Waals surface area (Å²) in [5, 5.41) is 0. The van der Waals surface area contributed by atoms with Crippen molar-refractivity contribution < 1.29 is 4.79 Å². The molecule has 1 atom stereocenters. The monoisotopic (exact) mass is 142 g/mol. The summed E-state index contributed by atoms with van der Waals surface area (Å²) in [6.07, 6.45) is 0.929. The summed E-state index contributed by atoms with van der Waals surface area (Å²) in [4.78, 5) is 15.0. The molecule has 0 aliphatic carbocycles. The van der Waals surface area contributed by atoms with E-state index in [0.717, 1.165) is 6.54 Å². The van der Waals surface area contributed by atoms with Gasteiger partial charge in [-0.2, -0.15) is 0 Å². The van der Waals surface area contributed by atoms with Crippen molar-refractivity contribution in [2.45, 2.75) is 19.5 Å². The number of amides is 1. The second-order valence-corrected chi connectivity index (χ2v) is 2.87. The molecule has 10 heavy (non-hydrogen) atoms. The molecule has 1 aliphatic heterocycles. The van der Waals surface area contributed by atoms with Crippen LogP contribution in [-0.4, -0.2) is 42.5 Å². The van der Waals surface area contributed by atoms with Crippen molar-refractivity contribution in [1.29, 1.82) is 0 Å². The van der Waals surface area contributed by atoms with E-state index in [4.69, 9.17) is 0 Å². The fourth-order valence-electron chi connectivity index (χ4n) is 1.14. The van der Waals surface area contributed by atoms with E-state index in [1.807, 2.05) is 21.0 Å². The maximum Gasteiger partial charge on any atom is 0.224 e. The molecule has 1 amide bonds. The zero-order chi connectivity index (χ0) is 7.72. The first-order valence-corrected chi connectivity index (χ1v) is 3.59. The first-order chi connectivity index (χ1) is 4.63. The van der Waals surface area contributed by atoms with Gasteiger partial charge < -0.3 is 4.90 Å². The van der Waals surface area contributed by atoms with Gasteiger partial charge in [-0.25, -0.2) is 0 Å². The highest BCUT2D eigenvalue weighted by Gasteiger charge is 2.24. The van der Waals surface area contributed by atoms with E-state index in [1.165, 1.54) is 0 Å². The lowest BCUT2D eigenvalue weighted by Gasteiger charge is -2.37. The Bertz CT molecular complexity index is 147. The van der Waals surface area contributed by atoms with E-state index in [2.05, 4.69) is 4.90 Å². The van der Waals surface area contributed by atoms with Gasteiger partial charge in [-0.15, -0.1) is 0 Å². The lowest BCUT2D eigenvalue weighted by Crippen LogP contribution is -2.51. The molecule has 1 aliphatic rings. The van der Waals surface area contributed by atoms with E-state index in [9.17, 15) is 4.79 Å². The molecule has 1 fully saturated rings. The minimum absolute atomic E-state index is 0.255. The van der Waals surface area contributed by atoms with Gasteiger partial charge in [-0.05, 0) is 14.0 Å². The molecule has 0 saturated carbocycles. The summed E-state index contributed by atoms with van der Waals surface area (Å²) in [5.74, 6) is 0.255. The van der Waals surface area contributed by atoms with Crippen LogP contribution in [0.1, 0.15) is 13.3 Å². The summed E-state index contributed by atoms with van der Waals surface area (Å²) >= 11 is 0. The first-order valence-electron chi connectivity index (χ1n) is 3.59. The van der Waals surface area contributed by atoms with Gasteiger partial charge in [-0.1, -0.05) is 0 Å². The van der Waals surface area contributed by atoms with Crippen LogP contribution in [0.5, 0.6) is 0 Å². The molecule has 1 saturated heterocycles. The number of carbonyl (C=O) groups is 1. The van der Waals surface area contributed by atoms with Gasteiger partial charge in [0.05, 0.1) is 6.17 Å². The molecule has 1 rings (SSSR count). The van der Waals surface area contributed by atoms with Crippen molar-refractivity contribution in [3.05, 3.63) is 0 Å². The van der Waals surface area contributed by atoms with Gasteiger partial charge in [0.25, 0.3) is 0 Å². The molecule has 1 heterocycles. The van der Waals surface area contributed by atoms with E-state index in [-0.39, 0.29) is 12.1 Å². The van der Waals surface area contributed by atoms with Crippen molar-refractivity contribution in [1.82, 2.24) is 9.80 Å². The maximum atomic E-state index is 11.0. The smallest absolute Gasteiger partial charge is 0.224 e. The van der Waals surface area contributed by atoms with Crippen molar-refractivity contribution in [3.8, 4) is 0 Å².